The molecule has 0 amide bonds. The van der Waals surface area contributed by atoms with E-state index in [0.717, 1.165) is 28.3 Å². The highest BCUT2D eigenvalue weighted by atomic mass is 35.5. The van der Waals surface area contributed by atoms with Crippen LogP contribution in [-0.2, 0) is 5.88 Å². The van der Waals surface area contributed by atoms with E-state index < -0.39 is 0 Å². The lowest BCUT2D eigenvalue weighted by molar-refractivity contribution is 0.758. The fourth-order valence-corrected chi connectivity index (χ4v) is 2.53. The predicted octanol–water partition coefficient (Wildman–Crippen LogP) is 3.41. The summed E-state index contributed by atoms with van der Waals surface area (Å²) in [4.78, 5) is 0. The van der Waals surface area contributed by atoms with Crippen LogP contribution in [-0.4, -0.2) is 19.6 Å². The summed E-state index contributed by atoms with van der Waals surface area (Å²) in [6.45, 7) is 3.98. The zero-order valence-electron chi connectivity index (χ0n) is 11.4. The minimum Gasteiger partial charge on any atom is -0.222 e. The minimum atomic E-state index is 0.410. The van der Waals surface area contributed by atoms with Gasteiger partial charge in [-0.1, -0.05) is 18.2 Å². The Balaban J connectivity index is 2.25. The molecule has 1 aromatic carbocycles. The van der Waals surface area contributed by atoms with Gasteiger partial charge in [0, 0.05) is 11.8 Å². The number of para-hydroxylation sites is 1. The maximum atomic E-state index is 6.10. The van der Waals surface area contributed by atoms with E-state index in [4.69, 9.17) is 11.6 Å². The molecule has 0 fully saturated rings. The largest absolute Gasteiger partial charge is 0.222 e. The van der Waals surface area contributed by atoms with E-state index in [1.54, 1.807) is 0 Å². The van der Waals surface area contributed by atoms with Crippen LogP contribution in [0.15, 0.2) is 42.7 Å². The Hall–Kier alpha value is -2.07. The number of aromatic nitrogens is 4. The first-order chi connectivity index (χ1) is 9.70. The molecule has 102 valence electrons. The van der Waals surface area contributed by atoms with Crippen LogP contribution in [0, 0.1) is 13.8 Å². The topological polar surface area (TPSA) is 35.6 Å². The summed E-state index contributed by atoms with van der Waals surface area (Å²) < 4.78 is 3.72. The van der Waals surface area contributed by atoms with Gasteiger partial charge in [0.25, 0.3) is 0 Å². The zero-order valence-corrected chi connectivity index (χ0v) is 12.2. The van der Waals surface area contributed by atoms with Gasteiger partial charge < -0.3 is 0 Å². The van der Waals surface area contributed by atoms with Crippen molar-refractivity contribution >= 4 is 11.6 Å². The molecule has 0 aliphatic rings. The lowest BCUT2D eigenvalue weighted by Crippen LogP contribution is -2.07. The first kappa shape index (κ1) is 12.9. The van der Waals surface area contributed by atoms with Crippen molar-refractivity contribution in [1.29, 1.82) is 0 Å². The monoisotopic (exact) mass is 286 g/mol. The Bertz CT molecular complexity index is 728. The third kappa shape index (κ3) is 2.12. The van der Waals surface area contributed by atoms with Crippen molar-refractivity contribution < 1.29 is 0 Å². The third-order valence-corrected chi connectivity index (χ3v) is 3.49. The molecule has 0 spiro atoms. The molecular formula is C15H15ClN4. The van der Waals surface area contributed by atoms with Gasteiger partial charge in [-0.3, -0.25) is 0 Å². The Morgan fingerprint density at radius 3 is 2.50 bits per heavy atom. The number of alkyl halides is 1. The van der Waals surface area contributed by atoms with E-state index >= 15 is 0 Å². The van der Waals surface area contributed by atoms with Crippen molar-refractivity contribution in [3.63, 3.8) is 0 Å². The molecule has 0 N–H and O–H groups in total. The third-order valence-electron chi connectivity index (χ3n) is 3.22. The SMILES string of the molecule is Cc1cnn(-c2c(CCl)c(C)nn2-c2ccccc2)c1. The van der Waals surface area contributed by atoms with Crippen molar-refractivity contribution in [2.45, 2.75) is 19.7 Å². The second kappa shape index (κ2) is 5.13. The molecule has 0 unspecified atom stereocenters. The van der Waals surface area contributed by atoms with Crippen LogP contribution in [0.3, 0.4) is 0 Å². The van der Waals surface area contributed by atoms with E-state index in [1.807, 2.05) is 65.9 Å². The first-order valence-corrected chi connectivity index (χ1v) is 6.95. The zero-order chi connectivity index (χ0) is 14.1. The number of benzene rings is 1. The van der Waals surface area contributed by atoms with Crippen LogP contribution in [0.5, 0.6) is 0 Å². The number of halogens is 1. The Morgan fingerprint density at radius 1 is 1.15 bits per heavy atom. The molecule has 0 aliphatic carbocycles. The van der Waals surface area contributed by atoms with Crippen molar-refractivity contribution in [2.75, 3.05) is 0 Å². The molecule has 0 radical (unpaired) electrons. The van der Waals surface area contributed by atoms with Crippen molar-refractivity contribution in [3.8, 4) is 11.5 Å². The lowest BCUT2D eigenvalue weighted by atomic mass is 10.2. The van der Waals surface area contributed by atoms with Gasteiger partial charge in [0.05, 0.1) is 23.5 Å². The molecule has 0 saturated heterocycles. The van der Waals surface area contributed by atoms with E-state index in [2.05, 4.69) is 10.2 Å². The van der Waals surface area contributed by atoms with Gasteiger partial charge >= 0.3 is 0 Å². The molecular weight excluding hydrogens is 272 g/mol. The smallest absolute Gasteiger partial charge is 0.161 e. The van der Waals surface area contributed by atoms with Crippen molar-refractivity contribution in [3.05, 3.63) is 59.5 Å². The molecule has 3 rings (SSSR count). The Morgan fingerprint density at radius 2 is 1.90 bits per heavy atom. The molecule has 4 nitrogen and oxygen atoms in total. The van der Waals surface area contributed by atoms with Crippen LogP contribution in [0.1, 0.15) is 16.8 Å². The van der Waals surface area contributed by atoms with Crippen LogP contribution >= 0.6 is 11.6 Å². The standard InChI is InChI=1S/C15H15ClN4/c1-11-9-17-19(10-11)15-14(8-16)12(2)18-20(15)13-6-4-3-5-7-13/h3-7,9-10H,8H2,1-2H3. The van der Waals surface area contributed by atoms with Gasteiger partial charge in [-0.05, 0) is 31.5 Å². The fraction of sp³-hybridized carbons (Fsp3) is 0.200. The van der Waals surface area contributed by atoms with Gasteiger partial charge in [-0.25, -0.2) is 9.36 Å². The molecule has 2 aromatic heterocycles. The number of aryl methyl sites for hydroxylation is 2. The summed E-state index contributed by atoms with van der Waals surface area (Å²) in [5.41, 5.74) is 4.02. The number of nitrogens with zero attached hydrogens (tertiary/aromatic N) is 4. The number of hydrogen-bond acceptors (Lipinski definition) is 2. The van der Waals surface area contributed by atoms with Gasteiger partial charge in [-0.15, -0.1) is 11.6 Å². The normalized spacial score (nSPS) is 10.9. The van der Waals surface area contributed by atoms with Gasteiger partial charge in [0.1, 0.15) is 0 Å². The first-order valence-electron chi connectivity index (χ1n) is 6.42. The maximum absolute atomic E-state index is 6.10. The van der Waals surface area contributed by atoms with Crippen LogP contribution in [0.4, 0.5) is 0 Å². The Kier molecular flexibility index (Phi) is 3.32. The molecule has 20 heavy (non-hydrogen) atoms. The average molecular weight is 287 g/mol. The quantitative estimate of drug-likeness (QED) is 0.692. The highest BCUT2D eigenvalue weighted by molar-refractivity contribution is 6.17. The number of hydrogen-bond donors (Lipinski definition) is 0. The summed E-state index contributed by atoms with van der Waals surface area (Å²) in [5, 5.41) is 9.00. The van der Waals surface area contributed by atoms with E-state index in [9.17, 15) is 0 Å². The van der Waals surface area contributed by atoms with Gasteiger partial charge in [0.15, 0.2) is 5.82 Å². The van der Waals surface area contributed by atoms with Gasteiger partial charge in [0.2, 0.25) is 0 Å². The van der Waals surface area contributed by atoms with E-state index in [1.165, 1.54) is 0 Å². The molecule has 0 saturated carbocycles. The summed E-state index contributed by atoms with van der Waals surface area (Å²) in [7, 11) is 0. The molecule has 0 bridgehead atoms. The predicted molar refractivity (Wildman–Crippen MR) is 79.7 cm³/mol. The van der Waals surface area contributed by atoms with E-state index in [-0.39, 0.29) is 0 Å². The average Bonchev–Trinajstić information content (AvgIpc) is 3.03. The summed E-state index contributed by atoms with van der Waals surface area (Å²) in [6.07, 6.45) is 3.81. The highest BCUT2D eigenvalue weighted by Gasteiger charge is 2.17. The lowest BCUT2D eigenvalue weighted by Gasteiger charge is -2.08. The maximum Gasteiger partial charge on any atom is 0.161 e. The van der Waals surface area contributed by atoms with Crippen LogP contribution < -0.4 is 0 Å². The second-order valence-corrected chi connectivity index (χ2v) is 5.00. The van der Waals surface area contributed by atoms with Crippen LogP contribution in [0.25, 0.3) is 11.5 Å². The molecule has 0 aliphatic heterocycles. The molecule has 5 heteroatoms. The molecule has 3 aromatic rings. The Labute approximate surface area is 122 Å². The highest BCUT2D eigenvalue weighted by Crippen LogP contribution is 2.23. The second-order valence-electron chi connectivity index (χ2n) is 4.73. The van der Waals surface area contributed by atoms with Crippen LogP contribution in [0.2, 0.25) is 0 Å². The summed E-state index contributed by atoms with van der Waals surface area (Å²) in [5.74, 6) is 1.31. The van der Waals surface area contributed by atoms with Crippen molar-refractivity contribution in [1.82, 2.24) is 19.6 Å². The molecule has 0 atom stereocenters. The van der Waals surface area contributed by atoms with E-state index in [0.29, 0.717) is 5.88 Å². The fourth-order valence-electron chi connectivity index (χ4n) is 2.22. The minimum absolute atomic E-state index is 0.410. The molecule has 2 heterocycles. The van der Waals surface area contributed by atoms with Crippen molar-refractivity contribution in [2.24, 2.45) is 0 Å². The number of rotatable bonds is 3. The summed E-state index contributed by atoms with van der Waals surface area (Å²) >= 11 is 6.10. The van der Waals surface area contributed by atoms with Gasteiger partial charge in [-0.2, -0.15) is 10.2 Å². The summed E-state index contributed by atoms with van der Waals surface area (Å²) in [6, 6.07) is 10.0.